The van der Waals surface area contributed by atoms with Gasteiger partial charge in [-0.1, -0.05) is 62.7 Å². The van der Waals surface area contributed by atoms with Crippen LogP contribution in [-0.2, 0) is 12.0 Å². The van der Waals surface area contributed by atoms with Crippen LogP contribution in [0.3, 0.4) is 0 Å². The fourth-order valence-corrected chi connectivity index (χ4v) is 2.84. The molecule has 0 saturated carbocycles. The lowest BCUT2D eigenvalue weighted by Crippen LogP contribution is -2.11. The van der Waals surface area contributed by atoms with Gasteiger partial charge in [0, 0.05) is 6.54 Å². The standard InChI is InChI=1S/C19H24ClN/c1-13-10-14(2)18(17(20)11-13)21-12-15-6-8-16(9-7-15)19(3,4)5/h6-11,21H,12H2,1-5H3. The van der Waals surface area contributed by atoms with E-state index in [-0.39, 0.29) is 5.41 Å². The van der Waals surface area contributed by atoms with Gasteiger partial charge < -0.3 is 5.32 Å². The number of hydrogen-bond donors (Lipinski definition) is 1. The quantitative estimate of drug-likeness (QED) is 0.748. The summed E-state index contributed by atoms with van der Waals surface area (Å²) in [5.74, 6) is 0. The SMILES string of the molecule is Cc1cc(C)c(NCc2ccc(C(C)(C)C)cc2)c(Cl)c1. The molecule has 0 bridgehead atoms. The van der Waals surface area contributed by atoms with Gasteiger partial charge in [0.15, 0.2) is 0 Å². The first-order chi connectivity index (χ1) is 9.77. The molecule has 21 heavy (non-hydrogen) atoms. The van der Waals surface area contributed by atoms with Crippen molar-refractivity contribution in [3.8, 4) is 0 Å². The molecule has 0 aliphatic carbocycles. The molecule has 112 valence electrons. The molecule has 0 radical (unpaired) electrons. The number of halogens is 1. The average molecular weight is 302 g/mol. The molecule has 2 rings (SSSR count). The van der Waals surface area contributed by atoms with Crippen LogP contribution in [0.1, 0.15) is 43.0 Å². The van der Waals surface area contributed by atoms with Crippen LogP contribution in [0.25, 0.3) is 0 Å². The van der Waals surface area contributed by atoms with Crippen molar-refractivity contribution >= 4 is 17.3 Å². The predicted octanol–water partition coefficient (Wildman–Crippen LogP) is 5.87. The highest BCUT2D eigenvalue weighted by Crippen LogP contribution is 2.28. The van der Waals surface area contributed by atoms with E-state index in [4.69, 9.17) is 11.6 Å². The van der Waals surface area contributed by atoms with Gasteiger partial charge in [0.25, 0.3) is 0 Å². The van der Waals surface area contributed by atoms with Crippen LogP contribution >= 0.6 is 11.6 Å². The maximum atomic E-state index is 6.32. The van der Waals surface area contributed by atoms with Crippen LogP contribution in [0.2, 0.25) is 5.02 Å². The fourth-order valence-electron chi connectivity index (χ4n) is 2.45. The zero-order valence-electron chi connectivity index (χ0n) is 13.5. The number of hydrogen-bond acceptors (Lipinski definition) is 1. The Hall–Kier alpha value is -1.47. The summed E-state index contributed by atoms with van der Waals surface area (Å²) in [5, 5.41) is 4.24. The summed E-state index contributed by atoms with van der Waals surface area (Å²) in [5.41, 5.74) is 6.23. The summed E-state index contributed by atoms with van der Waals surface area (Å²) < 4.78 is 0. The first kappa shape index (κ1) is 15.9. The maximum absolute atomic E-state index is 6.32. The number of nitrogens with one attached hydrogen (secondary N) is 1. The van der Waals surface area contributed by atoms with Crippen molar-refractivity contribution in [3.05, 3.63) is 63.7 Å². The minimum absolute atomic E-state index is 0.197. The first-order valence-electron chi connectivity index (χ1n) is 7.37. The van der Waals surface area contributed by atoms with E-state index in [0.717, 1.165) is 17.3 Å². The minimum Gasteiger partial charge on any atom is -0.380 e. The number of rotatable bonds is 3. The van der Waals surface area contributed by atoms with Crippen LogP contribution in [0, 0.1) is 13.8 Å². The van der Waals surface area contributed by atoms with Crippen molar-refractivity contribution in [2.45, 2.75) is 46.6 Å². The Kier molecular flexibility index (Phi) is 4.63. The molecule has 2 aromatic carbocycles. The van der Waals surface area contributed by atoms with E-state index in [1.165, 1.54) is 22.3 Å². The van der Waals surface area contributed by atoms with Crippen LogP contribution in [0.4, 0.5) is 5.69 Å². The molecule has 0 spiro atoms. The zero-order chi connectivity index (χ0) is 15.6. The molecule has 0 unspecified atom stereocenters. The summed E-state index contributed by atoms with van der Waals surface area (Å²) in [7, 11) is 0. The van der Waals surface area contributed by atoms with Gasteiger partial charge in [0.05, 0.1) is 10.7 Å². The highest BCUT2D eigenvalue weighted by Gasteiger charge is 2.12. The molecule has 1 N–H and O–H groups in total. The van der Waals surface area contributed by atoms with Gasteiger partial charge in [0.2, 0.25) is 0 Å². The minimum atomic E-state index is 0.197. The van der Waals surface area contributed by atoms with Crippen molar-refractivity contribution in [1.82, 2.24) is 0 Å². The van der Waals surface area contributed by atoms with E-state index in [2.05, 4.69) is 70.3 Å². The molecule has 2 aromatic rings. The molecule has 0 aliphatic rings. The second kappa shape index (κ2) is 6.11. The summed E-state index contributed by atoms with van der Waals surface area (Å²) in [6.07, 6.45) is 0. The Morgan fingerprint density at radius 3 is 2.14 bits per heavy atom. The second-order valence-electron chi connectivity index (χ2n) is 6.74. The fraction of sp³-hybridized carbons (Fsp3) is 0.368. The summed E-state index contributed by atoms with van der Waals surface area (Å²) in [6.45, 7) is 11.6. The zero-order valence-corrected chi connectivity index (χ0v) is 14.3. The molecular formula is C19H24ClN. The Morgan fingerprint density at radius 2 is 1.62 bits per heavy atom. The Balaban J connectivity index is 2.10. The molecule has 0 heterocycles. The van der Waals surface area contributed by atoms with Gasteiger partial charge >= 0.3 is 0 Å². The predicted molar refractivity (Wildman–Crippen MR) is 93.4 cm³/mol. The average Bonchev–Trinajstić information content (AvgIpc) is 2.37. The number of aryl methyl sites for hydroxylation is 2. The number of benzene rings is 2. The van der Waals surface area contributed by atoms with E-state index >= 15 is 0 Å². The topological polar surface area (TPSA) is 12.0 Å². The van der Waals surface area contributed by atoms with E-state index < -0.39 is 0 Å². The van der Waals surface area contributed by atoms with Gasteiger partial charge in [-0.25, -0.2) is 0 Å². The lowest BCUT2D eigenvalue weighted by molar-refractivity contribution is 0.590. The monoisotopic (exact) mass is 301 g/mol. The third kappa shape index (κ3) is 4.01. The molecule has 2 heteroatoms. The third-order valence-electron chi connectivity index (χ3n) is 3.72. The maximum Gasteiger partial charge on any atom is 0.0642 e. The first-order valence-corrected chi connectivity index (χ1v) is 7.75. The molecule has 1 nitrogen and oxygen atoms in total. The summed E-state index contributed by atoms with van der Waals surface area (Å²) in [4.78, 5) is 0. The molecule has 0 aromatic heterocycles. The van der Waals surface area contributed by atoms with Gasteiger partial charge in [0.1, 0.15) is 0 Å². The molecule has 0 saturated heterocycles. The number of anilines is 1. The van der Waals surface area contributed by atoms with Gasteiger partial charge in [-0.3, -0.25) is 0 Å². The van der Waals surface area contributed by atoms with Crippen LogP contribution in [0.5, 0.6) is 0 Å². The highest BCUT2D eigenvalue weighted by atomic mass is 35.5. The Labute approximate surface area is 133 Å². The molecule has 0 atom stereocenters. The van der Waals surface area contributed by atoms with Gasteiger partial charge in [-0.2, -0.15) is 0 Å². The summed E-state index contributed by atoms with van der Waals surface area (Å²) >= 11 is 6.32. The van der Waals surface area contributed by atoms with Crippen molar-refractivity contribution < 1.29 is 0 Å². The molecule has 0 fully saturated rings. The summed E-state index contributed by atoms with van der Waals surface area (Å²) in [6, 6.07) is 12.9. The lowest BCUT2D eigenvalue weighted by Gasteiger charge is -2.19. The van der Waals surface area contributed by atoms with Crippen LogP contribution in [-0.4, -0.2) is 0 Å². The lowest BCUT2D eigenvalue weighted by atomic mass is 9.87. The Morgan fingerprint density at radius 1 is 1.00 bits per heavy atom. The third-order valence-corrected chi connectivity index (χ3v) is 4.02. The van der Waals surface area contributed by atoms with E-state index in [1.54, 1.807) is 0 Å². The second-order valence-corrected chi connectivity index (χ2v) is 7.15. The van der Waals surface area contributed by atoms with E-state index in [1.807, 2.05) is 6.07 Å². The van der Waals surface area contributed by atoms with Gasteiger partial charge in [-0.05, 0) is 47.6 Å². The van der Waals surface area contributed by atoms with Crippen molar-refractivity contribution in [3.63, 3.8) is 0 Å². The molecular weight excluding hydrogens is 278 g/mol. The van der Waals surface area contributed by atoms with Gasteiger partial charge in [-0.15, -0.1) is 0 Å². The van der Waals surface area contributed by atoms with E-state index in [0.29, 0.717) is 0 Å². The van der Waals surface area contributed by atoms with Crippen molar-refractivity contribution in [2.24, 2.45) is 0 Å². The van der Waals surface area contributed by atoms with Crippen LogP contribution in [0.15, 0.2) is 36.4 Å². The largest absolute Gasteiger partial charge is 0.380 e. The van der Waals surface area contributed by atoms with E-state index in [9.17, 15) is 0 Å². The van der Waals surface area contributed by atoms with Crippen molar-refractivity contribution in [1.29, 1.82) is 0 Å². The smallest absolute Gasteiger partial charge is 0.0642 e. The molecule has 0 amide bonds. The molecule has 0 aliphatic heterocycles. The highest BCUT2D eigenvalue weighted by molar-refractivity contribution is 6.33. The normalized spacial score (nSPS) is 11.5. The van der Waals surface area contributed by atoms with Crippen LogP contribution < -0.4 is 5.32 Å². The Bertz CT molecular complexity index is 598. The van der Waals surface area contributed by atoms with Crippen molar-refractivity contribution in [2.75, 3.05) is 5.32 Å².